The lowest BCUT2D eigenvalue weighted by atomic mass is 9.92. The number of carbonyl (C=O) groups is 2. The normalized spacial score (nSPS) is 16.7. The zero-order valence-electron chi connectivity index (χ0n) is 17.6. The number of likely N-dealkylation sites (tertiary alicyclic amines) is 1. The molecule has 2 aromatic rings. The number of rotatable bonds is 4. The highest BCUT2D eigenvalue weighted by molar-refractivity contribution is 5.95. The topological polar surface area (TPSA) is 59.1 Å². The van der Waals surface area contributed by atoms with Crippen LogP contribution in [0.25, 0.3) is 0 Å². The number of ether oxygens (including phenoxy) is 2. The van der Waals surface area contributed by atoms with Crippen molar-refractivity contribution in [2.75, 3.05) is 33.9 Å². The Labute approximate surface area is 177 Å². The Hall–Kier alpha value is -3.02. The average molecular weight is 408 g/mol. The second kappa shape index (κ2) is 8.78. The lowest BCUT2D eigenvalue weighted by Crippen LogP contribution is -2.45. The van der Waals surface area contributed by atoms with Crippen LogP contribution in [0.5, 0.6) is 11.5 Å². The van der Waals surface area contributed by atoms with Crippen molar-refractivity contribution in [3.63, 3.8) is 0 Å². The van der Waals surface area contributed by atoms with E-state index in [0.717, 1.165) is 13.0 Å². The molecule has 6 nitrogen and oxygen atoms in total. The van der Waals surface area contributed by atoms with Crippen molar-refractivity contribution in [3.8, 4) is 11.5 Å². The number of fused-ring (bicyclic) bond motifs is 1. The Morgan fingerprint density at radius 3 is 2.13 bits per heavy atom. The van der Waals surface area contributed by atoms with E-state index in [0.29, 0.717) is 49.5 Å². The third-order valence-corrected chi connectivity index (χ3v) is 6.17. The van der Waals surface area contributed by atoms with Crippen LogP contribution in [-0.4, -0.2) is 55.5 Å². The molecule has 2 aromatic carbocycles. The molecule has 1 fully saturated rings. The van der Waals surface area contributed by atoms with Crippen LogP contribution >= 0.6 is 0 Å². The van der Waals surface area contributed by atoms with Crippen LogP contribution in [0.3, 0.4) is 0 Å². The van der Waals surface area contributed by atoms with E-state index in [4.69, 9.17) is 9.47 Å². The van der Waals surface area contributed by atoms with Gasteiger partial charge in [0.25, 0.3) is 5.91 Å². The first-order chi connectivity index (χ1) is 14.6. The van der Waals surface area contributed by atoms with Gasteiger partial charge in [-0.2, -0.15) is 0 Å². The SMILES string of the molecule is COc1cc(OC)cc(C(=O)N2CCC(C(=O)N3CCc4ccccc4C3)CC2)c1. The maximum absolute atomic E-state index is 13.1. The van der Waals surface area contributed by atoms with Crippen molar-refractivity contribution in [3.05, 3.63) is 59.2 Å². The van der Waals surface area contributed by atoms with E-state index in [1.54, 1.807) is 32.4 Å². The molecule has 0 radical (unpaired) electrons. The van der Waals surface area contributed by atoms with Crippen LogP contribution in [0.4, 0.5) is 0 Å². The van der Waals surface area contributed by atoms with E-state index in [9.17, 15) is 9.59 Å². The maximum atomic E-state index is 13.1. The highest BCUT2D eigenvalue weighted by Crippen LogP contribution is 2.27. The van der Waals surface area contributed by atoms with E-state index >= 15 is 0 Å². The number of methoxy groups -OCH3 is 2. The number of amides is 2. The minimum absolute atomic E-state index is 0.0147. The lowest BCUT2D eigenvalue weighted by molar-refractivity contribution is -0.137. The summed E-state index contributed by atoms with van der Waals surface area (Å²) in [6, 6.07) is 13.6. The summed E-state index contributed by atoms with van der Waals surface area (Å²) in [6.45, 7) is 2.63. The standard InChI is InChI=1S/C24H28N2O4/c1-29-21-13-20(14-22(15-21)30-2)24(28)25-10-8-18(9-11-25)23(27)26-12-7-17-5-3-4-6-19(17)16-26/h3-6,13-15,18H,7-12,16H2,1-2H3. The van der Waals surface area contributed by atoms with Crippen molar-refractivity contribution in [1.82, 2.24) is 9.80 Å². The number of nitrogens with zero attached hydrogens (tertiary/aromatic N) is 2. The smallest absolute Gasteiger partial charge is 0.254 e. The number of carbonyl (C=O) groups excluding carboxylic acids is 2. The van der Waals surface area contributed by atoms with Gasteiger partial charge in [-0.15, -0.1) is 0 Å². The van der Waals surface area contributed by atoms with Crippen molar-refractivity contribution in [2.24, 2.45) is 5.92 Å². The molecule has 0 bridgehead atoms. The van der Waals surface area contributed by atoms with Crippen LogP contribution in [-0.2, 0) is 17.8 Å². The van der Waals surface area contributed by atoms with Gasteiger partial charge in [0.05, 0.1) is 14.2 Å². The van der Waals surface area contributed by atoms with Crippen molar-refractivity contribution in [2.45, 2.75) is 25.8 Å². The van der Waals surface area contributed by atoms with Gasteiger partial charge in [0.15, 0.2) is 0 Å². The molecule has 0 aromatic heterocycles. The highest BCUT2D eigenvalue weighted by atomic mass is 16.5. The molecule has 0 atom stereocenters. The Balaban J connectivity index is 1.37. The monoisotopic (exact) mass is 408 g/mol. The van der Waals surface area contributed by atoms with Gasteiger partial charge < -0.3 is 19.3 Å². The zero-order valence-corrected chi connectivity index (χ0v) is 17.6. The molecule has 0 spiro atoms. The first-order valence-electron chi connectivity index (χ1n) is 10.5. The predicted molar refractivity (Wildman–Crippen MR) is 114 cm³/mol. The molecule has 158 valence electrons. The van der Waals surface area contributed by atoms with E-state index in [1.807, 2.05) is 15.9 Å². The summed E-state index contributed by atoms with van der Waals surface area (Å²) in [6.07, 6.45) is 2.31. The summed E-state index contributed by atoms with van der Waals surface area (Å²) in [5.74, 6) is 1.34. The van der Waals surface area contributed by atoms with Gasteiger partial charge in [-0.3, -0.25) is 9.59 Å². The van der Waals surface area contributed by atoms with Gasteiger partial charge in [0.2, 0.25) is 5.91 Å². The third kappa shape index (κ3) is 4.13. The first kappa shape index (κ1) is 20.3. The van der Waals surface area contributed by atoms with Crippen LogP contribution in [0.2, 0.25) is 0 Å². The maximum Gasteiger partial charge on any atom is 0.254 e. The van der Waals surface area contributed by atoms with E-state index < -0.39 is 0 Å². The summed E-state index contributed by atoms with van der Waals surface area (Å²) in [5.41, 5.74) is 3.14. The van der Waals surface area contributed by atoms with Crippen molar-refractivity contribution >= 4 is 11.8 Å². The summed E-state index contributed by atoms with van der Waals surface area (Å²) < 4.78 is 10.5. The average Bonchev–Trinajstić information content (AvgIpc) is 2.82. The molecular weight excluding hydrogens is 380 g/mol. The molecule has 2 heterocycles. The minimum atomic E-state index is -0.0509. The summed E-state index contributed by atoms with van der Waals surface area (Å²) in [4.78, 5) is 29.8. The molecule has 0 saturated carbocycles. The van der Waals surface area contributed by atoms with Gasteiger partial charge in [-0.1, -0.05) is 24.3 Å². The summed E-state index contributed by atoms with van der Waals surface area (Å²) in [7, 11) is 3.14. The number of hydrogen-bond acceptors (Lipinski definition) is 4. The highest BCUT2D eigenvalue weighted by Gasteiger charge is 2.32. The molecule has 0 unspecified atom stereocenters. The van der Waals surface area contributed by atoms with Gasteiger partial charge in [0.1, 0.15) is 11.5 Å². The molecule has 2 aliphatic rings. The van der Waals surface area contributed by atoms with Crippen molar-refractivity contribution < 1.29 is 19.1 Å². The second-order valence-electron chi connectivity index (χ2n) is 7.95. The second-order valence-corrected chi connectivity index (χ2v) is 7.95. The number of hydrogen-bond donors (Lipinski definition) is 0. The largest absolute Gasteiger partial charge is 0.497 e. The lowest BCUT2D eigenvalue weighted by Gasteiger charge is -2.36. The quantitative estimate of drug-likeness (QED) is 0.780. The molecule has 0 N–H and O–H groups in total. The van der Waals surface area contributed by atoms with Gasteiger partial charge in [-0.25, -0.2) is 0 Å². The number of piperidine rings is 1. The Morgan fingerprint density at radius 1 is 0.867 bits per heavy atom. The van der Waals surface area contributed by atoms with Crippen molar-refractivity contribution in [1.29, 1.82) is 0 Å². The van der Waals surface area contributed by atoms with E-state index in [1.165, 1.54) is 11.1 Å². The summed E-state index contributed by atoms with van der Waals surface area (Å²) >= 11 is 0. The van der Waals surface area contributed by atoms with Gasteiger partial charge in [0, 0.05) is 43.7 Å². The molecule has 30 heavy (non-hydrogen) atoms. The Morgan fingerprint density at radius 2 is 1.50 bits per heavy atom. The fraction of sp³-hybridized carbons (Fsp3) is 0.417. The predicted octanol–water partition coefficient (Wildman–Crippen LogP) is 3.14. The minimum Gasteiger partial charge on any atom is -0.497 e. The Kier molecular flexibility index (Phi) is 5.93. The molecule has 2 amide bonds. The fourth-order valence-corrected chi connectivity index (χ4v) is 4.39. The van der Waals surface area contributed by atoms with Crippen LogP contribution < -0.4 is 9.47 Å². The van der Waals surface area contributed by atoms with Gasteiger partial charge in [-0.05, 0) is 42.5 Å². The zero-order chi connectivity index (χ0) is 21.1. The van der Waals surface area contributed by atoms with Crippen LogP contribution in [0.15, 0.2) is 42.5 Å². The molecular formula is C24H28N2O4. The molecule has 0 aliphatic carbocycles. The van der Waals surface area contributed by atoms with Crippen LogP contribution in [0.1, 0.15) is 34.3 Å². The Bertz CT molecular complexity index is 912. The first-order valence-corrected chi connectivity index (χ1v) is 10.5. The summed E-state index contributed by atoms with van der Waals surface area (Å²) in [5, 5.41) is 0. The molecule has 2 aliphatic heterocycles. The van der Waals surface area contributed by atoms with E-state index in [2.05, 4.69) is 18.2 Å². The van der Waals surface area contributed by atoms with E-state index in [-0.39, 0.29) is 17.7 Å². The fourth-order valence-electron chi connectivity index (χ4n) is 4.39. The molecule has 6 heteroatoms. The third-order valence-electron chi connectivity index (χ3n) is 6.17. The van der Waals surface area contributed by atoms with Crippen LogP contribution in [0, 0.1) is 5.92 Å². The number of benzene rings is 2. The molecule has 1 saturated heterocycles. The molecule has 4 rings (SSSR count). The van der Waals surface area contributed by atoms with Gasteiger partial charge >= 0.3 is 0 Å².